The number of hydrogen-bond acceptors (Lipinski definition) is 4. The number of rotatable bonds is 4. The number of carbonyl (C=O) groups is 1. The molecule has 0 saturated heterocycles. The Hall–Kier alpha value is -1.36. The summed E-state index contributed by atoms with van der Waals surface area (Å²) < 4.78 is 4.81. The zero-order valence-electron chi connectivity index (χ0n) is 8.70. The molecule has 1 rings (SSSR count). The van der Waals surface area contributed by atoms with Gasteiger partial charge in [-0.1, -0.05) is 0 Å². The number of hydrogen-bond donors (Lipinski definition) is 1. The predicted octanol–water partition coefficient (Wildman–Crippen LogP) is 0.648. The quantitative estimate of drug-likeness (QED) is 0.720. The number of ether oxygens (including phenoxy) is 1. The lowest BCUT2D eigenvalue weighted by atomic mass is 10.3. The highest BCUT2D eigenvalue weighted by Crippen LogP contribution is 2.03. The van der Waals surface area contributed by atoms with Crippen molar-refractivity contribution < 1.29 is 9.53 Å². The summed E-state index contributed by atoms with van der Waals surface area (Å²) in [6, 6.07) is 1.71. The van der Waals surface area contributed by atoms with Crippen LogP contribution in [0.4, 0.5) is 0 Å². The maximum absolute atomic E-state index is 11.2. The SMILES string of the molecule is CCOC(=O)c1cc(CN(C)C)[nH]n1. The second kappa shape index (κ2) is 4.76. The molecule has 5 heteroatoms. The summed E-state index contributed by atoms with van der Waals surface area (Å²) in [6.07, 6.45) is 0. The standard InChI is InChI=1S/C9H15N3O2/c1-4-14-9(13)8-5-7(10-11-8)6-12(2)3/h5H,4,6H2,1-3H3,(H,10,11). The van der Waals surface area contributed by atoms with Crippen LogP contribution in [-0.2, 0) is 11.3 Å². The monoisotopic (exact) mass is 197 g/mol. The fourth-order valence-electron chi connectivity index (χ4n) is 1.09. The second-order valence-electron chi connectivity index (χ2n) is 3.24. The first-order valence-electron chi connectivity index (χ1n) is 4.49. The molecule has 5 nitrogen and oxygen atoms in total. The van der Waals surface area contributed by atoms with Gasteiger partial charge in [-0.15, -0.1) is 0 Å². The average Bonchev–Trinajstić information content (AvgIpc) is 2.52. The van der Waals surface area contributed by atoms with Crippen LogP contribution in [-0.4, -0.2) is 41.8 Å². The number of nitrogens with one attached hydrogen (secondary N) is 1. The van der Waals surface area contributed by atoms with Crippen LogP contribution in [0.5, 0.6) is 0 Å². The Morgan fingerprint density at radius 1 is 1.64 bits per heavy atom. The molecule has 14 heavy (non-hydrogen) atoms. The minimum Gasteiger partial charge on any atom is -0.461 e. The van der Waals surface area contributed by atoms with E-state index in [1.54, 1.807) is 13.0 Å². The molecule has 0 saturated carbocycles. The van der Waals surface area contributed by atoms with Crippen molar-refractivity contribution in [3.63, 3.8) is 0 Å². The Bertz CT molecular complexity index is 307. The third-order valence-corrected chi connectivity index (χ3v) is 1.60. The largest absolute Gasteiger partial charge is 0.461 e. The average molecular weight is 197 g/mol. The third kappa shape index (κ3) is 2.85. The molecule has 0 amide bonds. The van der Waals surface area contributed by atoms with Gasteiger partial charge in [0.2, 0.25) is 0 Å². The van der Waals surface area contributed by atoms with Crippen molar-refractivity contribution in [3.8, 4) is 0 Å². The number of H-pyrrole nitrogens is 1. The fourth-order valence-corrected chi connectivity index (χ4v) is 1.09. The van der Waals surface area contributed by atoms with Gasteiger partial charge in [-0.3, -0.25) is 5.10 Å². The molecule has 0 fully saturated rings. The number of esters is 1. The molecule has 0 radical (unpaired) electrons. The molecule has 0 aliphatic carbocycles. The van der Waals surface area contributed by atoms with E-state index < -0.39 is 0 Å². The molecule has 0 aliphatic rings. The van der Waals surface area contributed by atoms with E-state index in [2.05, 4.69) is 10.2 Å². The highest BCUT2D eigenvalue weighted by molar-refractivity contribution is 5.87. The lowest BCUT2D eigenvalue weighted by Crippen LogP contribution is -2.10. The third-order valence-electron chi connectivity index (χ3n) is 1.60. The minimum atomic E-state index is -0.381. The van der Waals surface area contributed by atoms with E-state index in [1.807, 2.05) is 19.0 Å². The topological polar surface area (TPSA) is 58.2 Å². The Morgan fingerprint density at radius 2 is 2.36 bits per heavy atom. The van der Waals surface area contributed by atoms with Crippen LogP contribution in [0.1, 0.15) is 23.1 Å². The Kier molecular flexibility index (Phi) is 3.64. The van der Waals surface area contributed by atoms with Crippen LogP contribution in [0, 0.1) is 0 Å². The summed E-state index contributed by atoms with van der Waals surface area (Å²) in [5, 5.41) is 6.65. The highest BCUT2D eigenvalue weighted by Gasteiger charge is 2.10. The first kappa shape index (κ1) is 10.7. The van der Waals surface area contributed by atoms with Crippen LogP contribution in [0.2, 0.25) is 0 Å². The van der Waals surface area contributed by atoms with Crippen molar-refractivity contribution in [2.24, 2.45) is 0 Å². The first-order chi connectivity index (χ1) is 6.63. The number of nitrogens with zero attached hydrogens (tertiary/aromatic N) is 2. The molecule has 1 aromatic heterocycles. The van der Waals surface area contributed by atoms with Crippen molar-refractivity contribution in [2.45, 2.75) is 13.5 Å². The summed E-state index contributed by atoms with van der Waals surface area (Å²) in [6.45, 7) is 2.87. The molecule has 0 atom stereocenters. The van der Waals surface area contributed by atoms with Gasteiger partial charge in [0.25, 0.3) is 0 Å². The molecule has 0 bridgehead atoms. The van der Waals surface area contributed by atoms with Gasteiger partial charge in [-0.25, -0.2) is 4.79 Å². The molecule has 0 aromatic carbocycles. The van der Waals surface area contributed by atoms with Crippen LogP contribution < -0.4 is 0 Å². The smallest absolute Gasteiger partial charge is 0.358 e. The summed E-state index contributed by atoms with van der Waals surface area (Å²) in [7, 11) is 3.90. The molecule has 1 N–H and O–H groups in total. The molecule has 0 unspecified atom stereocenters. The van der Waals surface area contributed by atoms with Crippen LogP contribution >= 0.6 is 0 Å². The molecular weight excluding hydrogens is 182 g/mol. The van der Waals surface area contributed by atoms with Crippen molar-refractivity contribution in [3.05, 3.63) is 17.5 Å². The van der Waals surface area contributed by atoms with Gasteiger partial charge in [0.05, 0.1) is 12.3 Å². The van der Waals surface area contributed by atoms with Crippen molar-refractivity contribution in [1.29, 1.82) is 0 Å². The van der Waals surface area contributed by atoms with E-state index in [9.17, 15) is 4.79 Å². The zero-order valence-corrected chi connectivity index (χ0v) is 8.70. The fraction of sp³-hybridized carbons (Fsp3) is 0.556. The van der Waals surface area contributed by atoms with E-state index in [1.165, 1.54) is 0 Å². The normalized spacial score (nSPS) is 10.6. The van der Waals surface area contributed by atoms with E-state index in [-0.39, 0.29) is 5.97 Å². The Labute approximate surface area is 83.1 Å². The van der Waals surface area contributed by atoms with E-state index in [0.29, 0.717) is 12.3 Å². The Morgan fingerprint density at radius 3 is 2.93 bits per heavy atom. The van der Waals surface area contributed by atoms with Gasteiger partial charge in [0.15, 0.2) is 5.69 Å². The van der Waals surface area contributed by atoms with Crippen LogP contribution in [0.15, 0.2) is 6.07 Å². The lowest BCUT2D eigenvalue weighted by molar-refractivity contribution is 0.0519. The molecule has 0 spiro atoms. The van der Waals surface area contributed by atoms with Gasteiger partial charge in [0.1, 0.15) is 0 Å². The lowest BCUT2D eigenvalue weighted by Gasteiger charge is -2.05. The van der Waals surface area contributed by atoms with Crippen LogP contribution in [0.25, 0.3) is 0 Å². The van der Waals surface area contributed by atoms with Crippen molar-refractivity contribution in [2.75, 3.05) is 20.7 Å². The first-order valence-corrected chi connectivity index (χ1v) is 4.49. The number of aromatic amines is 1. The van der Waals surface area contributed by atoms with Gasteiger partial charge < -0.3 is 9.64 Å². The number of aromatic nitrogens is 2. The van der Waals surface area contributed by atoms with Gasteiger partial charge in [0, 0.05) is 6.54 Å². The maximum atomic E-state index is 11.2. The van der Waals surface area contributed by atoms with E-state index in [0.717, 1.165) is 12.2 Å². The van der Waals surface area contributed by atoms with Crippen molar-refractivity contribution in [1.82, 2.24) is 15.1 Å². The zero-order chi connectivity index (χ0) is 10.6. The summed E-state index contributed by atoms with van der Waals surface area (Å²) in [5.74, 6) is -0.381. The van der Waals surface area contributed by atoms with Gasteiger partial charge in [-0.2, -0.15) is 5.10 Å². The maximum Gasteiger partial charge on any atom is 0.358 e. The van der Waals surface area contributed by atoms with E-state index >= 15 is 0 Å². The molecule has 78 valence electrons. The molecule has 1 heterocycles. The second-order valence-corrected chi connectivity index (χ2v) is 3.24. The molecule has 0 aliphatic heterocycles. The number of carbonyl (C=O) groups excluding carboxylic acids is 1. The van der Waals surface area contributed by atoms with E-state index in [4.69, 9.17) is 4.74 Å². The van der Waals surface area contributed by atoms with Gasteiger partial charge >= 0.3 is 5.97 Å². The summed E-state index contributed by atoms with van der Waals surface area (Å²) in [5.41, 5.74) is 1.24. The highest BCUT2D eigenvalue weighted by atomic mass is 16.5. The molecular formula is C9H15N3O2. The summed E-state index contributed by atoms with van der Waals surface area (Å²) in [4.78, 5) is 13.2. The minimum absolute atomic E-state index is 0.337. The Balaban J connectivity index is 2.63. The molecule has 1 aromatic rings. The predicted molar refractivity (Wildman–Crippen MR) is 51.9 cm³/mol. The van der Waals surface area contributed by atoms with Crippen LogP contribution in [0.3, 0.4) is 0 Å². The van der Waals surface area contributed by atoms with Gasteiger partial charge in [-0.05, 0) is 27.1 Å². The van der Waals surface area contributed by atoms with Crippen molar-refractivity contribution >= 4 is 5.97 Å². The summed E-state index contributed by atoms with van der Waals surface area (Å²) >= 11 is 0.